The van der Waals surface area contributed by atoms with E-state index in [0.29, 0.717) is 5.56 Å². The largest absolute Gasteiger partial charge is 0.192 e. The van der Waals surface area contributed by atoms with E-state index in [0.717, 1.165) is 33.4 Å². The van der Waals surface area contributed by atoms with Crippen LogP contribution in [0.15, 0.2) is 127 Å². The smallest absolute Gasteiger partial charge is 0.100 e. The summed E-state index contributed by atoms with van der Waals surface area (Å²) < 4.78 is 5.07. The van der Waals surface area contributed by atoms with E-state index in [9.17, 15) is 5.26 Å². The maximum atomic E-state index is 10.6. The molecule has 186 valence electrons. The van der Waals surface area contributed by atoms with Gasteiger partial charge in [-0.2, -0.15) is 5.26 Å². The lowest BCUT2D eigenvalue weighted by molar-refractivity contribution is 1.47. The minimum atomic E-state index is 0.710. The lowest BCUT2D eigenvalue weighted by Crippen LogP contribution is -1.93. The molecule has 0 N–H and O–H groups in total. The molecule has 0 aliphatic carbocycles. The molecular formula is C37H21NS2. The Labute approximate surface area is 239 Å². The summed E-state index contributed by atoms with van der Waals surface area (Å²) in [5.41, 5.74) is 7.08. The number of rotatable bonds is 3. The zero-order valence-corrected chi connectivity index (χ0v) is 23.0. The van der Waals surface area contributed by atoms with Crippen LogP contribution < -0.4 is 0 Å². The second-order valence-electron chi connectivity index (χ2n) is 10.0. The molecule has 0 bridgehead atoms. The van der Waals surface area contributed by atoms with Gasteiger partial charge in [-0.15, -0.1) is 22.7 Å². The van der Waals surface area contributed by atoms with Gasteiger partial charge in [0.15, 0.2) is 0 Å². The molecular weight excluding hydrogens is 523 g/mol. The fraction of sp³-hybridized carbons (Fsp3) is 0. The fourth-order valence-electron chi connectivity index (χ4n) is 5.85. The number of benzene rings is 6. The van der Waals surface area contributed by atoms with Crippen molar-refractivity contribution in [3.63, 3.8) is 0 Å². The van der Waals surface area contributed by atoms with Crippen LogP contribution in [-0.2, 0) is 0 Å². The molecule has 6 aromatic carbocycles. The Morgan fingerprint density at radius 2 is 1.07 bits per heavy atom. The molecule has 2 heterocycles. The fourth-order valence-corrected chi connectivity index (χ4v) is 8.17. The molecule has 0 atom stereocenters. The predicted molar refractivity (Wildman–Crippen MR) is 173 cm³/mol. The van der Waals surface area contributed by atoms with Gasteiger partial charge in [0.1, 0.15) is 6.07 Å². The van der Waals surface area contributed by atoms with Crippen molar-refractivity contribution in [3.8, 4) is 39.4 Å². The van der Waals surface area contributed by atoms with Crippen molar-refractivity contribution in [2.24, 2.45) is 0 Å². The van der Waals surface area contributed by atoms with E-state index in [2.05, 4.69) is 115 Å². The minimum absolute atomic E-state index is 0.710. The molecule has 0 aliphatic heterocycles. The summed E-state index contributed by atoms with van der Waals surface area (Å²) in [7, 11) is 0. The Bertz CT molecular complexity index is 2280. The van der Waals surface area contributed by atoms with Crippen molar-refractivity contribution in [1.82, 2.24) is 0 Å². The van der Waals surface area contributed by atoms with E-state index < -0.39 is 0 Å². The van der Waals surface area contributed by atoms with Crippen molar-refractivity contribution in [3.05, 3.63) is 133 Å². The number of hydrogen-bond acceptors (Lipinski definition) is 3. The van der Waals surface area contributed by atoms with E-state index in [1.165, 1.54) is 40.3 Å². The zero-order chi connectivity index (χ0) is 26.6. The molecule has 40 heavy (non-hydrogen) atoms. The second-order valence-corrected chi connectivity index (χ2v) is 12.1. The van der Waals surface area contributed by atoms with Gasteiger partial charge in [-0.1, -0.05) is 91.0 Å². The van der Waals surface area contributed by atoms with Crippen LogP contribution in [0.3, 0.4) is 0 Å². The molecule has 8 aromatic rings. The summed E-state index contributed by atoms with van der Waals surface area (Å²) in [6.45, 7) is 0. The standard InChI is InChI=1S/C37H21NS2/c38-22-33-30(23-9-2-1-3-10-23)20-25(24-17-18-36-32(19-24)27-12-5-6-15-34(27)39-36)21-31(33)29-14-8-13-28-26-11-4-7-16-35(26)40-37(28)29/h1-21H. The Balaban J connectivity index is 1.44. The van der Waals surface area contributed by atoms with Crippen molar-refractivity contribution in [2.45, 2.75) is 0 Å². The van der Waals surface area contributed by atoms with E-state index in [1.807, 2.05) is 29.5 Å². The third-order valence-corrected chi connectivity index (χ3v) is 10.1. The summed E-state index contributed by atoms with van der Waals surface area (Å²) in [5.74, 6) is 0. The maximum Gasteiger partial charge on any atom is 0.100 e. The van der Waals surface area contributed by atoms with Crippen LogP contribution >= 0.6 is 22.7 Å². The monoisotopic (exact) mass is 543 g/mol. The van der Waals surface area contributed by atoms with Crippen LogP contribution in [-0.4, -0.2) is 0 Å². The highest BCUT2D eigenvalue weighted by Crippen LogP contribution is 2.44. The third kappa shape index (κ3) is 3.58. The average Bonchev–Trinajstić information content (AvgIpc) is 3.59. The third-order valence-electron chi connectivity index (χ3n) is 7.74. The normalized spacial score (nSPS) is 11.5. The van der Waals surface area contributed by atoms with Gasteiger partial charge < -0.3 is 0 Å². The van der Waals surface area contributed by atoms with Gasteiger partial charge in [0.05, 0.1) is 5.56 Å². The SMILES string of the molecule is N#Cc1c(-c2ccccc2)cc(-c2ccc3sc4ccccc4c3c2)cc1-c1cccc2c1sc1ccccc12. The van der Waals surface area contributed by atoms with Gasteiger partial charge >= 0.3 is 0 Å². The average molecular weight is 544 g/mol. The minimum Gasteiger partial charge on any atom is -0.192 e. The number of hydrogen-bond donors (Lipinski definition) is 0. The summed E-state index contributed by atoms with van der Waals surface area (Å²) in [6.07, 6.45) is 0. The van der Waals surface area contributed by atoms with Crippen LogP contribution in [0.2, 0.25) is 0 Å². The van der Waals surface area contributed by atoms with Gasteiger partial charge in [0.25, 0.3) is 0 Å². The number of thiophene rings is 2. The first-order valence-corrected chi connectivity index (χ1v) is 14.9. The van der Waals surface area contributed by atoms with Crippen LogP contribution in [0.4, 0.5) is 0 Å². The van der Waals surface area contributed by atoms with Crippen molar-refractivity contribution in [1.29, 1.82) is 5.26 Å². The van der Waals surface area contributed by atoms with E-state index >= 15 is 0 Å². The van der Waals surface area contributed by atoms with Gasteiger partial charge in [0, 0.05) is 57.0 Å². The maximum absolute atomic E-state index is 10.6. The summed E-state index contributed by atoms with van der Waals surface area (Å²) >= 11 is 3.64. The quantitative estimate of drug-likeness (QED) is 0.217. The van der Waals surface area contributed by atoms with E-state index in [-0.39, 0.29) is 0 Å². The van der Waals surface area contributed by atoms with E-state index in [1.54, 1.807) is 11.3 Å². The molecule has 2 aromatic heterocycles. The van der Waals surface area contributed by atoms with Gasteiger partial charge in [0.2, 0.25) is 0 Å². The van der Waals surface area contributed by atoms with Gasteiger partial charge in [-0.3, -0.25) is 0 Å². The molecule has 0 saturated carbocycles. The molecule has 0 spiro atoms. The molecule has 0 radical (unpaired) electrons. The highest BCUT2D eigenvalue weighted by atomic mass is 32.1. The van der Waals surface area contributed by atoms with E-state index in [4.69, 9.17) is 0 Å². The highest BCUT2D eigenvalue weighted by molar-refractivity contribution is 7.26. The number of nitrogens with zero attached hydrogens (tertiary/aromatic N) is 1. The Morgan fingerprint density at radius 3 is 1.88 bits per heavy atom. The van der Waals surface area contributed by atoms with Crippen LogP contribution in [0.25, 0.3) is 73.7 Å². The Hall–Kier alpha value is -4.75. The van der Waals surface area contributed by atoms with Crippen molar-refractivity contribution >= 4 is 63.0 Å². The van der Waals surface area contributed by atoms with Crippen molar-refractivity contribution < 1.29 is 0 Å². The molecule has 1 nitrogen and oxygen atoms in total. The Kier molecular flexibility index (Phi) is 5.31. The Morgan fingerprint density at radius 1 is 0.425 bits per heavy atom. The highest BCUT2D eigenvalue weighted by Gasteiger charge is 2.19. The van der Waals surface area contributed by atoms with Crippen LogP contribution in [0.5, 0.6) is 0 Å². The topological polar surface area (TPSA) is 23.8 Å². The first-order valence-electron chi connectivity index (χ1n) is 13.2. The first kappa shape index (κ1) is 23.2. The molecule has 0 aliphatic rings. The number of fused-ring (bicyclic) bond motifs is 6. The van der Waals surface area contributed by atoms with Crippen molar-refractivity contribution in [2.75, 3.05) is 0 Å². The lowest BCUT2D eigenvalue weighted by atomic mass is 9.88. The molecule has 0 unspecified atom stereocenters. The van der Waals surface area contributed by atoms with Gasteiger partial charge in [-0.25, -0.2) is 0 Å². The van der Waals surface area contributed by atoms with Crippen LogP contribution in [0.1, 0.15) is 5.56 Å². The molecule has 0 fully saturated rings. The molecule has 0 saturated heterocycles. The molecule has 0 amide bonds. The van der Waals surface area contributed by atoms with Crippen LogP contribution in [0, 0.1) is 11.3 Å². The zero-order valence-electron chi connectivity index (χ0n) is 21.4. The summed E-state index contributed by atoms with van der Waals surface area (Å²) in [4.78, 5) is 0. The second kappa shape index (κ2) is 9.17. The lowest BCUT2D eigenvalue weighted by Gasteiger charge is -2.15. The molecule has 8 rings (SSSR count). The first-order chi connectivity index (χ1) is 19.8. The number of nitriles is 1. The summed E-state index contributed by atoms with van der Waals surface area (Å²) in [5, 5.41) is 15.6. The predicted octanol–water partition coefficient (Wildman–Crippen LogP) is 11.3. The molecule has 3 heteroatoms. The summed E-state index contributed by atoms with van der Waals surface area (Å²) in [6, 6.07) is 47.7. The van der Waals surface area contributed by atoms with Gasteiger partial charge in [-0.05, 0) is 53.1 Å².